The van der Waals surface area contributed by atoms with Gasteiger partial charge in [0.25, 0.3) is 0 Å². The molecule has 0 aromatic carbocycles. The van der Waals surface area contributed by atoms with Gasteiger partial charge in [-0.15, -0.1) is 0 Å². The number of imidazole rings is 1. The van der Waals surface area contributed by atoms with Gasteiger partial charge in [-0.3, -0.25) is 4.21 Å². The molecule has 1 rings (SSSR count). The Balaban J connectivity index is 2.97. The lowest BCUT2D eigenvalue weighted by Crippen LogP contribution is -2.21. The summed E-state index contributed by atoms with van der Waals surface area (Å²) < 4.78 is 23.0. The third kappa shape index (κ3) is 4.45. The fraction of sp³-hybridized carbons (Fsp3) is 0.545. The van der Waals surface area contributed by atoms with Gasteiger partial charge in [0.05, 0.1) is 16.5 Å². The van der Waals surface area contributed by atoms with Crippen LogP contribution in [0.25, 0.3) is 0 Å². The fourth-order valence-corrected chi connectivity index (χ4v) is 2.26. The summed E-state index contributed by atoms with van der Waals surface area (Å²) in [4.78, 5) is 26.4. The quantitative estimate of drug-likeness (QED) is 0.782. The number of nitrogens with one attached hydrogen (secondary N) is 2. The maximum absolute atomic E-state index is 11.6. The predicted octanol–water partition coefficient (Wildman–Crippen LogP) is -0.130. The first-order chi connectivity index (χ1) is 9.90. The van der Waals surface area contributed by atoms with Crippen molar-refractivity contribution in [1.29, 1.82) is 0 Å². The number of hydrogen-bond donors (Lipinski definition) is 2. The molecule has 21 heavy (non-hydrogen) atoms. The molecule has 2 amide bonds. The summed E-state index contributed by atoms with van der Waals surface area (Å²) in [6.45, 7) is -0.191. The van der Waals surface area contributed by atoms with Crippen molar-refractivity contribution in [3.63, 3.8) is 0 Å². The number of carbonyl (C=O) groups is 2. The van der Waals surface area contributed by atoms with Crippen LogP contribution in [0.1, 0.15) is 11.4 Å². The summed E-state index contributed by atoms with van der Waals surface area (Å²) in [5.41, 5.74) is 0.892. The van der Waals surface area contributed by atoms with E-state index in [1.54, 1.807) is 11.6 Å². The molecule has 0 spiro atoms. The summed E-state index contributed by atoms with van der Waals surface area (Å²) >= 11 is 0. The fourth-order valence-electron chi connectivity index (χ4n) is 1.53. The van der Waals surface area contributed by atoms with Gasteiger partial charge < -0.3 is 24.7 Å². The lowest BCUT2D eigenvalue weighted by molar-refractivity contribution is 0.131. The van der Waals surface area contributed by atoms with Crippen LogP contribution >= 0.6 is 0 Å². The molecule has 1 aromatic heterocycles. The van der Waals surface area contributed by atoms with Gasteiger partial charge in [0.15, 0.2) is 5.16 Å². The molecular formula is C11H18N4O5S. The van der Waals surface area contributed by atoms with Crippen molar-refractivity contribution >= 4 is 23.0 Å². The van der Waals surface area contributed by atoms with Crippen LogP contribution in [0.3, 0.4) is 0 Å². The van der Waals surface area contributed by atoms with Crippen molar-refractivity contribution in [1.82, 2.24) is 20.2 Å². The molecule has 0 unspecified atom stereocenters. The smallest absolute Gasteiger partial charge is 0.407 e. The Labute approximate surface area is 124 Å². The summed E-state index contributed by atoms with van der Waals surface area (Å²) in [5.74, 6) is 0. The average Bonchev–Trinajstić information content (AvgIpc) is 2.78. The molecule has 118 valence electrons. The van der Waals surface area contributed by atoms with Crippen LogP contribution < -0.4 is 10.6 Å². The van der Waals surface area contributed by atoms with Gasteiger partial charge in [-0.05, 0) is 0 Å². The number of rotatable bonds is 5. The molecule has 0 saturated carbocycles. The highest BCUT2D eigenvalue weighted by atomic mass is 32.2. The topological polar surface area (TPSA) is 112 Å². The first kappa shape index (κ1) is 17.0. The second kappa shape index (κ2) is 7.62. The number of alkyl carbamates (subject to hydrolysis) is 2. The van der Waals surface area contributed by atoms with E-state index in [1.165, 1.54) is 20.4 Å². The Hall–Kier alpha value is -2.10. The maximum atomic E-state index is 11.6. The van der Waals surface area contributed by atoms with Crippen molar-refractivity contribution in [2.24, 2.45) is 7.05 Å². The van der Waals surface area contributed by atoms with E-state index in [1.807, 2.05) is 0 Å². The van der Waals surface area contributed by atoms with Gasteiger partial charge in [0.2, 0.25) is 0 Å². The molecule has 0 bridgehead atoms. The van der Waals surface area contributed by atoms with Crippen molar-refractivity contribution in [2.75, 3.05) is 20.4 Å². The van der Waals surface area contributed by atoms with Crippen LogP contribution in [0.15, 0.2) is 5.16 Å². The number of carbonyl (C=O) groups excluding carboxylic acids is 2. The van der Waals surface area contributed by atoms with E-state index in [0.717, 1.165) is 0 Å². The van der Waals surface area contributed by atoms with Crippen LogP contribution in [0.4, 0.5) is 9.59 Å². The Bertz CT molecular complexity index is 557. The summed E-state index contributed by atoms with van der Waals surface area (Å²) in [6.07, 6.45) is 0.265. The summed E-state index contributed by atoms with van der Waals surface area (Å²) in [6, 6.07) is 0. The van der Waals surface area contributed by atoms with Gasteiger partial charge in [0, 0.05) is 27.4 Å². The minimum atomic E-state index is -1.32. The number of ether oxygens (including phenoxy) is 2. The number of hydrogen-bond acceptors (Lipinski definition) is 6. The van der Waals surface area contributed by atoms with E-state index < -0.39 is 23.0 Å². The van der Waals surface area contributed by atoms with E-state index in [-0.39, 0.29) is 13.2 Å². The maximum Gasteiger partial charge on any atom is 0.407 e. The molecule has 2 N–H and O–H groups in total. The Morgan fingerprint density at radius 1 is 1.19 bits per heavy atom. The highest BCUT2D eigenvalue weighted by molar-refractivity contribution is 7.84. The predicted molar refractivity (Wildman–Crippen MR) is 74.0 cm³/mol. The second-order valence-corrected chi connectivity index (χ2v) is 5.23. The minimum absolute atomic E-state index is 0.0766. The summed E-state index contributed by atoms with van der Waals surface area (Å²) in [5, 5.41) is 4.93. The van der Waals surface area contributed by atoms with Crippen LogP contribution in [0.5, 0.6) is 0 Å². The molecule has 0 aliphatic rings. The van der Waals surface area contributed by atoms with E-state index >= 15 is 0 Å². The highest BCUT2D eigenvalue weighted by Gasteiger charge is 2.19. The largest absolute Gasteiger partial charge is 0.443 e. The van der Waals surface area contributed by atoms with E-state index in [4.69, 9.17) is 9.47 Å². The number of nitrogens with zero attached hydrogens (tertiary/aromatic N) is 2. The molecule has 1 atom stereocenters. The lowest BCUT2D eigenvalue weighted by Gasteiger charge is -2.08. The monoisotopic (exact) mass is 318 g/mol. The van der Waals surface area contributed by atoms with Crippen LogP contribution in [-0.4, -0.2) is 46.3 Å². The van der Waals surface area contributed by atoms with Gasteiger partial charge in [-0.25, -0.2) is 14.6 Å². The van der Waals surface area contributed by atoms with E-state index in [0.29, 0.717) is 16.5 Å². The molecule has 0 fully saturated rings. The van der Waals surface area contributed by atoms with Crippen LogP contribution in [-0.2, 0) is 40.5 Å². The van der Waals surface area contributed by atoms with Gasteiger partial charge >= 0.3 is 12.2 Å². The van der Waals surface area contributed by atoms with Crippen molar-refractivity contribution < 1.29 is 23.3 Å². The van der Waals surface area contributed by atoms with Crippen molar-refractivity contribution in [3.8, 4) is 0 Å². The molecule has 1 aromatic rings. The first-order valence-electron chi connectivity index (χ1n) is 5.97. The molecule has 0 aliphatic carbocycles. The molecule has 9 nitrogen and oxygen atoms in total. The zero-order valence-electron chi connectivity index (χ0n) is 12.3. The third-order valence-corrected chi connectivity index (χ3v) is 3.48. The van der Waals surface area contributed by atoms with Crippen molar-refractivity contribution in [3.05, 3.63) is 11.4 Å². The van der Waals surface area contributed by atoms with Crippen LogP contribution in [0, 0.1) is 0 Å². The lowest BCUT2D eigenvalue weighted by atomic mass is 10.3. The molecule has 0 saturated heterocycles. The Morgan fingerprint density at radius 2 is 1.71 bits per heavy atom. The number of aromatic nitrogens is 2. The van der Waals surface area contributed by atoms with Gasteiger partial charge in [0.1, 0.15) is 18.9 Å². The molecule has 1 heterocycles. The standard InChI is InChI=1S/C11H18N4O5S/c1-12-10(16)19-5-7-8(6-20-11(17)13-2)15(3)9(14-7)21(4)18/h5-6H2,1-4H3,(H,12,16)(H,13,17)/t21-/m1/s1. The zero-order valence-corrected chi connectivity index (χ0v) is 13.1. The Morgan fingerprint density at radius 3 is 2.19 bits per heavy atom. The van der Waals surface area contributed by atoms with Gasteiger partial charge in [-0.1, -0.05) is 0 Å². The number of amides is 2. The minimum Gasteiger partial charge on any atom is -0.443 e. The van der Waals surface area contributed by atoms with Crippen molar-refractivity contribution in [2.45, 2.75) is 18.4 Å². The van der Waals surface area contributed by atoms with E-state index in [2.05, 4.69) is 15.6 Å². The molecule has 0 aliphatic heterocycles. The average molecular weight is 318 g/mol. The Kier molecular flexibility index (Phi) is 6.15. The molecule has 0 radical (unpaired) electrons. The van der Waals surface area contributed by atoms with E-state index in [9.17, 15) is 13.8 Å². The zero-order chi connectivity index (χ0) is 16.0. The van der Waals surface area contributed by atoms with Crippen LogP contribution in [0.2, 0.25) is 0 Å². The molecule has 10 heteroatoms. The second-order valence-electron chi connectivity index (χ2n) is 3.95. The summed E-state index contributed by atoms with van der Waals surface area (Å²) in [7, 11) is 3.20. The molecular weight excluding hydrogens is 300 g/mol. The van der Waals surface area contributed by atoms with Gasteiger partial charge in [-0.2, -0.15) is 0 Å². The first-order valence-corrected chi connectivity index (χ1v) is 7.53. The third-order valence-electron chi connectivity index (χ3n) is 2.60. The normalized spacial score (nSPS) is 11.6. The SMILES string of the molecule is CNC(=O)OCc1nc([S@@](C)=O)n(C)c1COC(=O)NC. The highest BCUT2D eigenvalue weighted by Crippen LogP contribution is 2.15.